The van der Waals surface area contributed by atoms with Gasteiger partial charge in [-0.05, 0) is 56.7 Å². The van der Waals surface area contributed by atoms with Crippen LogP contribution in [-0.4, -0.2) is 31.2 Å². The summed E-state index contributed by atoms with van der Waals surface area (Å²) < 4.78 is 5.63. The molecule has 0 saturated heterocycles. The zero-order valence-corrected chi connectivity index (χ0v) is 19.4. The van der Waals surface area contributed by atoms with Gasteiger partial charge in [0.25, 0.3) is 5.91 Å². The number of methoxy groups -OCH3 is 1. The average molecular weight is 464 g/mol. The maximum atomic E-state index is 12.3. The number of rotatable bonds is 5. The number of ether oxygens (including phenoxy) is 1. The number of carbonyl (C=O) groups excluding carboxylic acids is 3. The number of halogens is 1. The molecule has 2 aromatic carbocycles. The van der Waals surface area contributed by atoms with E-state index in [4.69, 9.17) is 4.74 Å². The van der Waals surface area contributed by atoms with Gasteiger partial charge in [-0.25, -0.2) is 0 Å². The van der Waals surface area contributed by atoms with Crippen molar-refractivity contribution in [3.05, 3.63) is 64.1 Å². The highest BCUT2D eigenvalue weighted by molar-refractivity contribution is 9.10. The fourth-order valence-electron chi connectivity index (χ4n) is 1.91. The Morgan fingerprint density at radius 3 is 2.00 bits per heavy atom. The minimum atomic E-state index is -0.959. The zero-order valence-electron chi connectivity index (χ0n) is 17.9. The summed E-state index contributed by atoms with van der Waals surface area (Å²) in [6, 6.07) is 13.8. The van der Waals surface area contributed by atoms with E-state index in [0.29, 0.717) is 33.9 Å². The van der Waals surface area contributed by atoms with Gasteiger partial charge in [-0.2, -0.15) is 0 Å². The first-order valence-corrected chi connectivity index (χ1v) is 10.1. The molecular weight excluding hydrogens is 434 g/mol. The lowest BCUT2D eigenvalue weighted by Gasteiger charge is -2.14. The molecule has 29 heavy (non-hydrogen) atoms. The summed E-state index contributed by atoms with van der Waals surface area (Å²) in [7, 11) is 1.71. The number of amides is 1. The predicted octanol–water partition coefficient (Wildman–Crippen LogP) is 5.64. The van der Waals surface area contributed by atoms with Crippen LogP contribution in [0.4, 0.5) is 5.69 Å². The first-order valence-electron chi connectivity index (χ1n) is 9.33. The van der Waals surface area contributed by atoms with E-state index in [9.17, 15) is 14.4 Å². The van der Waals surface area contributed by atoms with Gasteiger partial charge in [-0.15, -0.1) is 0 Å². The van der Waals surface area contributed by atoms with Crippen LogP contribution in [0.25, 0.3) is 0 Å². The summed E-state index contributed by atoms with van der Waals surface area (Å²) in [5.41, 5.74) is 1.36. The number of hydrogen-bond acceptors (Lipinski definition) is 4. The molecule has 0 aliphatic heterocycles. The molecule has 0 fully saturated rings. The number of benzene rings is 2. The Bertz CT molecular complexity index is 762. The van der Waals surface area contributed by atoms with Gasteiger partial charge in [-0.3, -0.25) is 4.79 Å². The first-order chi connectivity index (χ1) is 13.7. The van der Waals surface area contributed by atoms with Crippen LogP contribution in [0.3, 0.4) is 0 Å². The van der Waals surface area contributed by atoms with Gasteiger partial charge < -0.3 is 19.6 Å². The van der Waals surface area contributed by atoms with Crippen molar-refractivity contribution >= 4 is 40.1 Å². The summed E-state index contributed by atoms with van der Waals surface area (Å²) in [5.74, 6) is -1.32. The van der Waals surface area contributed by atoms with Crippen LogP contribution >= 0.6 is 15.9 Å². The van der Waals surface area contributed by atoms with Crippen LogP contribution < -0.4 is 5.32 Å². The Morgan fingerprint density at radius 2 is 1.55 bits per heavy atom. The Kier molecular flexibility index (Phi) is 12.7. The number of nitrogens with one attached hydrogen (secondary N) is 1. The Hall–Kier alpha value is -2.31. The molecule has 0 aliphatic rings. The lowest BCUT2D eigenvalue weighted by Crippen LogP contribution is -2.16. The van der Waals surface area contributed by atoms with Crippen molar-refractivity contribution in [2.24, 2.45) is 0 Å². The van der Waals surface area contributed by atoms with Crippen molar-refractivity contribution < 1.29 is 19.1 Å². The molecule has 158 valence electrons. The topological polar surface area (TPSA) is 72.5 Å². The second-order valence-electron chi connectivity index (χ2n) is 6.67. The van der Waals surface area contributed by atoms with E-state index in [1.54, 1.807) is 49.6 Å². The van der Waals surface area contributed by atoms with Gasteiger partial charge in [0.15, 0.2) is 0 Å². The normalized spacial score (nSPS) is 10.1. The fourth-order valence-corrected chi connectivity index (χ4v) is 2.29. The predicted molar refractivity (Wildman–Crippen MR) is 122 cm³/mol. The van der Waals surface area contributed by atoms with Gasteiger partial charge in [0.2, 0.25) is 0 Å². The van der Waals surface area contributed by atoms with Gasteiger partial charge >= 0.3 is 0 Å². The second-order valence-corrected chi connectivity index (χ2v) is 7.58. The van der Waals surface area contributed by atoms with Crippen LogP contribution in [0.2, 0.25) is 0 Å². The molecule has 6 heteroatoms. The molecule has 0 radical (unpaired) electrons. The highest BCUT2D eigenvalue weighted by Gasteiger charge is 2.19. The molecule has 1 N–H and O–H groups in total. The van der Waals surface area contributed by atoms with Crippen LogP contribution in [0.5, 0.6) is 0 Å². The van der Waals surface area contributed by atoms with Gasteiger partial charge in [-0.1, -0.05) is 48.0 Å². The molecule has 0 atom stereocenters. The molecule has 0 aliphatic carbocycles. The third kappa shape index (κ3) is 10.1. The van der Waals surface area contributed by atoms with Crippen molar-refractivity contribution in [3.8, 4) is 0 Å². The number of carbonyl (C=O) groups is 3. The lowest BCUT2D eigenvalue weighted by atomic mass is 9.96. The first kappa shape index (κ1) is 26.7. The monoisotopic (exact) mass is 463 g/mol. The smallest absolute Gasteiger partial charge is 0.255 e. The van der Waals surface area contributed by atoms with Crippen LogP contribution in [0.15, 0.2) is 53.0 Å². The summed E-state index contributed by atoms with van der Waals surface area (Å²) in [5, 5.41) is 2.74. The Balaban J connectivity index is 0.000000841. The van der Waals surface area contributed by atoms with E-state index in [1.165, 1.54) is 0 Å². The van der Waals surface area contributed by atoms with Gasteiger partial charge in [0.1, 0.15) is 12.6 Å². The number of anilines is 1. The molecule has 0 aromatic heterocycles. The lowest BCUT2D eigenvalue weighted by molar-refractivity contribution is -0.116. The van der Waals surface area contributed by atoms with E-state index < -0.39 is 5.92 Å². The van der Waals surface area contributed by atoms with Crippen LogP contribution in [0.1, 0.15) is 56.5 Å². The molecule has 0 heterocycles. The fraction of sp³-hybridized carbons (Fsp3) is 0.348. The molecule has 5 nitrogen and oxygen atoms in total. The van der Waals surface area contributed by atoms with Crippen LogP contribution in [0, 0.1) is 0 Å². The summed E-state index contributed by atoms with van der Waals surface area (Å²) in [6.45, 7) is 10.1. The highest BCUT2D eigenvalue weighted by Crippen LogP contribution is 2.23. The van der Waals surface area contributed by atoms with E-state index in [2.05, 4.69) is 21.2 Å². The molecule has 0 bridgehead atoms. The van der Waals surface area contributed by atoms with E-state index in [-0.39, 0.29) is 11.5 Å². The Morgan fingerprint density at radius 1 is 1.03 bits per heavy atom. The summed E-state index contributed by atoms with van der Waals surface area (Å²) >= 11 is 3.28. The van der Waals surface area contributed by atoms with E-state index >= 15 is 0 Å². The average Bonchev–Trinajstić information content (AvgIpc) is 2.71. The zero-order chi connectivity index (χ0) is 22.4. The third-order valence-corrected chi connectivity index (χ3v) is 4.05. The van der Waals surface area contributed by atoms with Gasteiger partial charge in [0, 0.05) is 22.8 Å². The van der Waals surface area contributed by atoms with Crippen molar-refractivity contribution in [2.75, 3.05) is 12.4 Å². The summed E-state index contributed by atoms with van der Waals surface area (Å²) in [4.78, 5) is 34.3. The molecule has 0 saturated carbocycles. The molecule has 2 aromatic rings. The third-order valence-electron chi connectivity index (χ3n) is 3.55. The number of hydrogen-bond donors (Lipinski definition) is 1. The minimum absolute atomic E-state index is 0.0417. The van der Waals surface area contributed by atoms with Crippen molar-refractivity contribution in [2.45, 2.75) is 46.1 Å². The van der Waals surface area contributed by atoms with Crippen LogP contribution in [-0.2, 0) is 14.3 Å². The molecule has 0 unspecified atom stereocenters. The maximum Gasteiger partial charge on any atom is 0.255 e. The SMILES string of the molecule is CC.COC(C)(C)C.O=CC(C=O)c1cc(Br)ccc1C(=O)Nc1ccccc1. The molecular formula is C23H30BrNO4. The van der Waals surface area contributed by atoms with E-state index in [0.717, 1.165) is 0 Å². The Labute approximate surface area is 182 Å². The second kappa shape index (κ2) is 13.8. The largest absolute Gasteiger partial charge is 0.379 e. The molecule has 0 spiro atoms. The molecule has 1 amide bonds. The standard InChI is InChI=1S/C16H12BrNO3.C5H12O.C2H6/c17-12-6-7-14(15(8-12)11(9-19)10-20)16(21)18-13-4-2-1-3-5-13;1-5(2,3)6-4;1-2/h1-11H,(H,18,21);1-4H3;1-2H3. The van der Waals surface area contributed by atoms with Crippen molar-refractivity contribution in [1.82, 2.24) is 0 Å². The van der Waals surface area contributed by atoms with Crippen molar-refractivity contribution in [1.29, 1.82) is 0 Å². The molecule has 2 rings (SSSR count). The van der Waals surface area contributed by atoms with Gasteiger partial charge in [0.05, 0.1) is 11.5 Å². The quantitative estimate of drug-likeness (QED) is 0.459. The highest BCUT2D eigenvalue weighted by atomic mass is 79.9. The minimum Gasteiger partial charge on any atom is -0.379 e. The summed E-state index contributed by atoms with van der Waals surface area (Å²) in [6.07, 6.45) is 1.04. The van der Waals surface area contributed by atoms with E-state index in [1.807, 2.05) is 40.7 Å². The maximum absolute atomic E-state index is 12.3. The van der Waals surface area contributed by atoms with Crippen molar-refractivity contribution in [3.63, 3.8) is 0 Å². The number of aldehydes is 2. The number of para-hydroxylation sites is 1.